The van der Waals surface area contributed by atoms with Gasteiger partial charge in [-0.25, -0.2) is 0 Å². The van der Waals surface area contributed by atoms with Gasteiger partial charge in [-0.15, -0.1) is 0 Å². The van der Waals surface area contributed by atoms with Crippen LogP contribution in [0.2, 0.25) is 18.1 Å². The molecule has 0 radical (unpaired) electrons. The summed E-state index contributed by atoms with van der Waals surface area (Å²) in [6, 6.07) is 2.86. The summed E-state index contributed by atoms with van der Waals surface area (Å²) in [5.41, 5.74) is -0.206. The summed E-state index contributed by atoms with van der Waals surface area (Å²) in [6.45, 7) is 3.11. The van der Waals surface area contributed by atoms with Crippen molar-refractivity contribution in [2.75, 3.05) is 0 Å². The van der Waals surface area contributed by atoms with E-state index < -0.39 is 8.41 Å². The SMILES string of the molecule is C[Si](C)(F)Cn1cc(Cl)ccc1=O. The molecule has 1 aromatic rings. The molecule has 0 saturated heterocycles. The van der Waals surface area contributed by atoms with Gasteiger partial charge >= 0.3 is 0 Å². The number of hydrogen-bond acceptors (Lipinski definition) is 1. The van der Waals surface area contributed by atoms with E-state index in [1.807, 2.05) is 0 Å². The van der Waals surface area contributed by atoms with Gasteiger partial charge in [0.1, 0.15) is 0 Å². The molecule has 0 aromatic carbocycles. The van der Waals surface area contributed by atoms with Crippen LogP contribution in [0.15, 0.2) is 23.1 Å². The van der Waals surface area contributed by atoms with Crippen LogP contribution in [-0.2, 0) is 6.17 Å². The van der Waals surface area contributed by atoms with Crippen LogP contribution in [0.1, 0.15) is 0 Å². The minimum Gasteiger partial charge on any atom is -0.314 e. The fourth-order valence-electron chi connectivity index (χ4n) is 1.03. The molecule has 0 amide bonds. The summed E-state index contributed by atoms with van der Waals surface area (Å²) in [6.07, 6.45) is 1.63. The topological polar surface area (TPSA) is 22.0 Å². The van der Waals surface area contributed by atoms with Gasteiger partial charge in [0.25, 0.3) is 8.41 Å². The summed E-state index contributed by atoms with van der Waals surface area (Å²) < 4.78 is 14.7. The molecule has 0 aliphatic heterocycles. The first-order valence-corrected chi connectivity index (χ1v) is 7.40. The molecule has 1 rings (SSSR count). The minimum atomic E-state index is -2.75. The Morgan fingerprint density at radius 2 is 2.15 bits per heavy atom. The molecule has 0 aliphatic rings. The fourth-order valence-corrected chi connectivity index (χ4v) is 2.27. The number of rotatable bonds is 2. The highest BCUT2D eigenvalue weighted by Crippen LogP contribution is 2.08. The number of halogens is 2. The molecule has 5 heteroatoms. The quantitative estimate of drug-likeness (QED) is 0.552. The standard InChI is InChI=1S/C8H11ClFNOSi/c1-13(2,10)6-11-5-7(9)3-4-8(11)12/h3-5H,6H2,1-2H3. The van der Waals surface area contributed by atoms with Crippen LogP contribution in [0.25, 0.3) is 0 Å². The lowest BCUT2D eigenvalue weighted by Crippen LogP contribution is -2.32. The van der Waals surface area contributed by atoms with Crippen LogP contribution >= 0.6 is 11.6 Å². The zero-order chi connectivity index (χ0) is 10.1. The lowest BCUT2D eigenvalue weighted by atomic mass is 10.5. The molecular weight excluding hydrogens is 209 g/mol. The average molecular weight is 220 g/mol. The Kier molecular flexibility index (Phi) is 2.93. The molecule has 1 aromatic heterocycles. The monoisotopic (exact) mass is 219 g/mol. The van der Waals surface area contributed by atoms with Crippen LogP contribution in [-0.4, -0.2) is 13.0 Å². The molecule has 72 valence electrons. The average Bonchev–Trinajstić information content (AvgIpc) is 1.94. The number of aromatic nitrogens is 1. The van der Waals surface area contributed by atoms with Crippen LogP contribution in [0.5, 0.6) is 0 Å². The second kappa shape index (κ2) is 3.63. The van der Waals surface area contributed by atoms with Crippen molar-refractivity contribution in [1.29, 1.82) is 0 Å². The predicted molar refractivity (Wildman–Crippen MR) is 54.3 cm³/mol. The maximum Gasteiger partial charge on any atom is 0.260 e. The molecule has 0 spiro atoms. The van der Waals surface area contributed by atoms with Crippen molar-refractivity contribution in [3.05, 3.63) is 33.7 Å². The first-order chi connectivity index (χ1) is 5.88. The molecule has 1 heterocycles. The van der Waals surface area contributed by atoms with Crippen molar-refractivity contribution in [3.63, 3.8) is 0 Å². The van der Waals surface area contributed by atoms with Gasteiger partial charge in [0.15, 0.2) is 0 Å². The molecule has 0 bridgehead atoms. The summed E-state index contributed by atoms with van der Waals surface area (Å²) >= 11 is 5.68. The van der Waals surface area contributed by atoms with Gasteiger partial charge < -0.3 is 8.67 Å². The van der Waals surface area contributed by atoms with E-state index in [9.17, 15) is 8.90 Å². The highest BCUT2D eigenvalue weighted by atomic mass is 35.5. The first kappa shape index (κ1) is 10.5. The highest BCUT2D eigenvalue weighted by Gasteiger charge is 2.21. The van der Waals surface area contributed by atoms with E-state index in [1.165, 1.54) is 22.9 Å². The van der Waals surface area contributed by atoms with Gasteiger partial charge in [0.05, 0.1) is 5.02 Å². The second-order valence-electron chi connectivity index (χ2n) is 3.53. The van der Waals surface area contributed by atoms with Gasteiger partial charge in [-0.1, -0.05) is 11.6 Å². The number of nitrogens with zero attached hydrogens (tertiary/aromatic N) is 1. The minimum absolute atomic E-state index is 0.159. The van der Waals surface area contributed by atoms with Gasteiger partial charge in [-0.05, 0) is 19.2 Å². The van der Waals surface area contributed by atoms with Crippen molar-refractivity contribution in [2.45, 2.75) is 19.3 Å². The summed E-state index contributed by atoms with van der Waals surface area (Å²) in [5, 5.41) is 0.456. The lowest BCUT2D eigenvalue weighted by molar-refractivity contribution is 0.704. The van der Waals surface area contributed by atoms with E-state index in [-0.39, 0.29) is 11.7 Å². The van der Waals surface area contributed by atoms with Gasteiger partial charge in [0, 0.05) is 18.4 Å². The first-order valence-electron chi connectivity index (χ1n) is 3.93. The van der Waals surface area contributed by atoms with Crippen molar-refractivity contribution in [1.82, 2.24) is 4.57 Å². The third-order valence-corrected chi connectivity index (χ3v) is 2.81. The maximum absolute atomic E-state index is 13.3. The van der Waals surface area contributed by atoms with Crippen LogP contribution < -0.4 is 5.56 Å². The van der Waals surface area contributed by atoms with Crippen molar-refractivity contribution >= 4 is 20.0 Å². The largest absolute Gasteiger partial charge is 0.314 e. The van der Waals surface area contributed by atoms with E-state index in [2.05, 4.69) is 0 Å². The molecular formula is C8H11ClFNOSi. The Hall–Kier alpha value is -0.613. The van der Waals surface area contributed by atoms with E-state index in [4.69, 9.17) is 11.6 Å². The second-order valence-corrected chi connectivity index (χ2v) is 7.72. The van der Waals surface area contributed by atoms with Gasteiger partial charge in [0.2, 0.25) is 5.56 Å². The molecule has 0 N–H and O–H groups in total. The van der Waals surface area contributed by atoms with Crippen LogP contribution in [0.4, 0.5) is 4.11 Å². The van der Waals surface area contributed by atoms with Crippen molar-refractivity contribution in [2.24, 2.45) is 0 Å². The summed E-state index contributed by atoms with van der Waals surface area (Å²) in [5.74, 6) is 0. The number of pyridine rings is 1. The highest BCUT2D eigenvalue weighted by molar-refractivity contribution is 6.69. The predicted octanol–water partition coefficient (Wildman–Crippen LogP) is 2.22. The zero-order valence-corrected chi connectivity index (χ0v) is 9.31. The van der Waals surface area contributed by atoms with Crippen molar-refractivity contribution < 1.29 is 4.11 Å². The van der Waals surface area contributed by atoms with Gasteiger partial charge in [-0.2, -0.15) is 0 Å². The molecule has 0 saturated carbocycles. The van der Waals surface area contributed by atoms with E-state index >= 15 is 0 Å². The lowest BCUT2D eigenvalue weighted by Gasteiger charge is -2.12. The Labute approximate surface area is 82.1 Å². The Bertz CT molecular complexity index is 358. The molecule has 13 heavy (non-hydrogen) atoms. The summed E-state index contributed by atoms with van der Waals surface area (Å²) in [4.78, 5) is 11.2. The Morgan fingerprint density at radius 3 is 2.69 bits per heavy atom. The molecule has 2 nitrogen and oxygen atoms in total. The summed E-state index contributed by atoms with van der Waals surface area (Å²) in [7, 11) is -2.75. The Morgan fingerprint density at radius 1 is 1.54 bits per heavy atom. The zero-order valence-electron chi connectivity index (χ0n) is 7.55. The molecule has 0 aliphatic carbocycles. The van der Waals surface area contributed by atoms with Crippen molar-refractivity contribution in [3.8, 4) is 0 Å². The fraction of sp³-hybridized carbons (Fsp3) is 0.375. The third kappa shape index (κ3) is 3.32. The van der Waals surface area contributed by atoms with Gasteiger partial charge in [-0.3, -0.25) is 4.79 Å². The normalized spacial score (nSPS) is 11.7. The van der Waals surface area contributed by atoms with Crippen LogP contribution in [0.3, 0.4) is 0 Å². The van der Waals surface area contributed by atoms with E-state index in [1.54, 1.807) is 13.1 Å². The molecule has 0 fully saturated rings. The third-order valence-electron chi connectivity index (χ3n) is 1.49. The smallest absolute Gasteiger partial charge is 0.260 e. The van der Waals surface area contributed by atoms with Crippen LogP contribution in [0, 0.1) is 0 Å². The Balaban J connectivity index is 3.01. The number of hydrogen-bond donors (Lipinski definition) is 0. The van der Waals surface area contributed by atoms with E-state index in [0.29, 0.717) is 5.02 Å². The molecule has 0 atom stereocenters. The van der Waals surface area contributed by atoms with E-state index in [0.717, 1.165) is 0 Å². The molecule has 0 unspecified atom stereocenters. The maximum atomic E-state index is 13.3.